The molecule has 0 aliphatic carbocycles. The fourth-order valence-electron chi connectivity index (χ4n) is 2.29. The van der Waals surface area contributed by atoms with E-state index < -0.39 is 0 Å². The standard InChI is InChI=1S/C16H14Cl2N2S/c17-12-4-3-5-13(18)11(12)8-10(19)9-16-20-14-6-1-2-7-15(14)21-16/h1-7,10H,8-9,19H2. The summed E-state index contributed by atoms with van der Waals surface area (Å²) in [6.07, 6.45) is 1.37. The van der Waals surface area contributed by atoms with Crippen LogP contribution in [0.3, 0.4) is 0 Å². The van der Waals surface area contributed by atoms with Crippen molar-refractivity contribution in [2.75, 3.05) is 0 Å². The van der Waals surface area contributed by atoms with Crippen LogP contribution in [0, 0.1) is 0 Å². The lowest BCUT2D eigenvalue weighted by Crippen LogP contribution is -2.25. The highest BCUT2D eigenvalue weighted by Gasteiger charge is 2.13. The average molecular weight is 337 g/mol. The molecule has 2 nitrogen and oxygen atoms in total. The molecule has 1 atom stereocenters. The van der Waals surface area contributed by atoms with Crippen LogP contribution in [0.2, 0.25) is 10.0 Å². The third-order valence-corrected chi connectivity index (χ3v) is 5.07. The van der Waals surface area contributed by atoms with Crippen molar-refractivity contribution in [3.8, 4) is 0 Å². The van der Waals surface area contributed by atoms with E-state index in [2.05, 4.69) is 11.1 Å². The van der Waals surface area contributed by atoms with E-state index in [1.807, 2.05) is 36.4 Å². The molecule has 3 rings (SSSR count). The normalized spacial score (nSPS) is 12.7. The van der Waals surface area contributed by atoms with Crippen LogP contribution >= 0.6 is 34.5 Å². The summed E-state index contributed by atoms with van der Waals surface area (Å²) in [7, 11) is 0. The molecule has 0 aliphatic heterocycles. The Morgan fingerprint density at radius 1 is 1.00 bits per heavy atom. The fraction of sp³-hybridized carbons (Fsp3) is 0.188. The minimum Gasteiger partial charge on any atom is -0.327 e. The van der Waals surface area contributed by atoms with Gasteiger partial charge in [-0.15, -0.1) is 11.3 Å². The van der Waals surface area contributed by atoms with Crippen molar-refractivity contribution in [3.05, 3.63) is 63.1 Å². The van der Waals surface area contributed by atoms with Gasteiger partial charge in [0.15, 0.2) is 0 Å². The first kappa shape index (κ1) is 14.8. The number of thiazole rings is 1. The van der Waals surface area contributed by atoms with E-state index in [4.69, 9.17) is 28.9 Å². The molecule has 21 heavy (non-hydrogen) atoms. The van der Waals surface area contributed by atoms with E-state index in [-0.39, 0.29) is 6.04 Å². The van der Waals surface area contributed by atoms with Gasteiger partial charge in [0.2, 0.25) is 0 Å². The Balaban J connectivity index is 1.75. The number of nitrogens with two attached hydrogens (primary N) is 1. The molecule has 0 radical (unpaired) electrons. The lowest BCUT2D eigenvalue weighted by atomic mass is 10.0. The Morgan fingerprint density at radius 3 is 2.43 bits per heavy atom. The van der Waals surface area contributed by atoms with Gasteiger partial charge in [-0.25, -0.2) is 4.98 Å². The third-order valence-electron chi connectivity index (χ3n) is 3.30. The van der Waals surface area contributed by atoms with Crippen molar-refractivity contribution in [2.45, 2.75) is 18.9 Å². The van der Waals surface area contributed by atoms with Crippen molar-refractivity contribution in [2.24, 2.45) is 5.73 Å². The number of benzene rings is 2. The highest BCUT2D eigenvalue weighted by atomic mass is 35.5. The van der Waals surface area contributed by atoms with Crippen LogP contribution in [0.5, 0.6) is 0 Å². The quantitative estimate of drug-likeness (QED) is 0.748. The van der Waals surface area contributed by atoms with E-state index in [0.717, 1.165) is 22.5 Å². The predicted octanol–water partition coefficient (Wildman–Crippen LogP) is 4.72. The molecule has 0 saturated carbocycles. The SMILES string of the molecule is NC(Cc1nc2ccccc2s1)Cc1c(Cl)cccc1Cl. The van der Waals surface area contributed by atoms with Crippen LogP contribution in [0.25, 0.3) is 10.2 Å². The van der Waals surface area contributed by atoms with Crippen molar-refractivity contribution >= 4 is 44.8 Å². The number of hydrogen-bond acceptors (Lipinski definition) is 3. The smallest absolute Gasteiger partial charge is 0.0954 e. The predicted molar refractivity (Wildman–Crippen MR) is 91.5 cm³/mol. The maximum Gasteiger partial charge on any atom is 0.0954 e. The molecular formula is C16H14Cl2N2S. The molecule has 0 amide bonds. The first-order valence-corrected chi connectivity index (χ1v) is 8.23. The van der Waals surface area contributed by atoms with Gasteiger partial charge in [-0.3, -0.25) is 0 Å². The number of nitrogens with zero attached hydrogens (tertiary/aromatic N) is 1. The second kappa shape index (κ2) is 6.32. The largest absolute Gasteiger partial charge is 0.327 e. The maximum atomic E-state index is 6.25. The summed E-state index contributed by atoms with van der Waals surface area (Å²) in [5.41, 5.74) is 8.19. The first-order chi connectivity index (χ1) is 10.1. The Kier molecular flexibility index (Phi) is 4.45. The van der Waals surface area contributed by atoms with Gasteiger partial charge < -0.3 is 5.73 Å². The van der Waals surface area contributed by atoms with Crippen LogP contribution in [0.4, 0.5) is 0 Å². The molecule has 108 valence electrons. The van der Waals surface area contributed by atoms with Gasteiger partial charge in [0.1, 0.15) is 0 Å². The molecule has 0 spiro atoms. The monoisotopic (exact) mass is 336 g/mol. The van der Waals surface area contributed by atoms with Gasteiger partial charge in [-0.1, -0.05) is 41.4 Å². The van der Waals surface area contributed by atoms with Crippen LogP contribution in [-0.4, -0.2) is 11.0 Å². The maximum absolute atomic E-state index is 6.25. The van der Waals surface area contributed by atoms with Gasteiger partial charge in [-0.2, -0.15) is 0 Å². The van der Waals surface area contributed by atoms with Crippen LogP contribution in [0.15, 0.2) is 42.5 Å². The second-order valence-electron chi connectivity index (χ2n) is 4.94. The van der Waals surface area contributed by atoms with E-state index in [1.165, 1.54) is 4.70 Å². The number of para-hydroxylation sites is 1. The van der Waals surface area contributed by atoms with E-state index in [9.17, 15) is 0 Å². The van der Waals surface area contributed by atoms with Crippen molar-refractivity contribution < 1.29 is 0 Å². The second-order valence-corrected chi connectivity index (χ2v) is 6.87. The summed E-state index contributed by atoms with van der Waals surface area (Å²) in [4.78, 5) is 4.61. The van der Waals surface area contributed by atoms with Gasteiger partial charge in [0, 0.05) is 22.5 Å². The van der Waals surface area contributed by atoms with E-state index >= 15 is 0 Å². The Bertz CT molecular complexity index is 717. The molecule has 0 saturated heterocycles. The highest BCUT2D eigenvalue weighted by Crippen LogP contribution is 2.27. The average Bonchev–Trinajstić information content (AvgIpc) is 2.85. The van der Waals surface area contributed by atoms with E-state index in [1.54, 1.807) is 11.3 Å². The van der Waals surface area contributed by atoms with Crippen LogP contribution < -0.4 is 5.73 Å². The topological polar surface area (TPSA) is 38.9 Å². The van der Waals surface area contributed by atoms with Gasteiger partial charge >= 0.3 is 0 Å². The molecule has 0 aliphatic rings. The van der Waals surface area contributed by atoms with Crippen molar-refractivity contribution in [1.82, 2.24) is 4.98 Å². The summed E-state index contributed by atoms with van der Waals surface area (Å²) in [6, 6.07) is 13.6. The van der Waals surface area contributed by atoms with Crippen molar-refractivity contribution in [3.63, 3.8) is 0 Å². The molecule has 0 bridgehead atoms. The highest BCUT2D eigenvalue weighted by molar-refractivity contribution is 7.18. The molecule has 2 N–H and O–H groups in total. The minimum absolute atomic E-state index is 0.0528. The molecule has 1 aromatic heterocycles. The molecule has 0 fully saturated rings. The Hall–Kier alpha value is -1.13. The molecule has 2 aromatic carbocycles. The van der Waals surface area contributed by atoms with Gasteiger partial charge in [0.05, 0.1) is 15.2 Å². The molecule has 5 heteroatoms. The lowest BCUT2D eigenvalue weighted by Gasteiger charge is -2.12. The Morgan fingerprint density at radius 2 is 1.71 bits per heavy atom. The number of hydrogen-bond donors (Lipinski definition) is 1. The number of halogens is 2. The van der Waals surface area contributed by atoms with Gasteiger partial charge in [0.25, 0.3) is 0 Å². The molecule has 1 heterocycles. The Labute approximate surface area is 137 Å². The zero-order valence-electron chi connectivity index (χ0n) is 11.2. The molecule has 1 unspecified atom stereocenters. The lowest BCUT2D eigenvalue weighted by molar-refractivity contribution is 0.663. The summed E-state index contributed by atoms with van der Waals surface area (Å²) >= 11 is 14.1. The first-order valence-electron chi connectivity index (χ1n) is 6.66. The van der Waals surface area contributed by atoms with Gasteiger partial charge in [-0.05, 0) is 36.2 Å². The van der Waals surface area contributed by atoms with Crippen LogP contribution in [0.1, 0.15) is 10.6 Å². The summed E-state index contributed by atoms with van der Waals surface area (Å²) < 4.78 is 1.19. The molecular weight excluding hydrogens is 323 g/mol. The zero-order chi connectivity index (χ0) is 14.8. The van der Waals surface area contributed by atoms with Crippen molar-refractivity contribution in [1.29, 1.82) is 0 Å². The number of rotatable bonds is 4. The van der Waals surface area contributed by atoms with E-state index in [0.29, 0.717) is 16.5 Å². The number of fused-ring (bicyclic) bond motifs is 1. The molecule has 3 aromatic rings. The summed E-state index contributed by atoms with van der Waals surface area (Å²) in [5.74, 6) is 0. The summed E-state index contributed by atoms with van der Waals surface area (Å²) in [6.45, 7) is 0. The third kappa shape index (κ3) is 3.38. The van der Waals surface area contributed by atoms with Crippen LogP contribution in [-0.2, 0) is 12.8 Å². The summed E-state index contributed by atoms with van der Waals surface area (Å²) in [5, 5.41) is 2.39. The number of aromatic nitrogens is 1. The minimum atomic E-state index is -0.0528. The fourth-order valence-corrected chi connectivity index (χ4v) is 3.91. The zero-order valence-corrected chi connectivity index (χ0v) is 13.6.